The second-order valence-corrected chi connectivity index (χ2v) is 9.10. The average molecular weight is 419 g/mol. The number of nitrogens with zero attached hydrogens (tertiary/aromatic N) is 2. The van der Waals surface area contributed by atoms with E-state index in [9.17, 15) is 14.3 Å². The SMILES string of the molecule is Cc1ccc2c(c1)N(Cc1nc3cc(F)ccc3s1)C(=S)C(CC(=O)O)S2. The standard InChI is InChI=1S/C19H15FN2O2S3/c1-10-2-4-15-13(6-10)22(19(25)16(26-15)8-18(23)24)9-17-21-12-7-11(20)3-5-14(12)27-17/h2-7,16H,8-9H2,1H3,(H,23,24). The Morgan fingerprint density at radius 2 is 2.15 bits per heavy atom. The Balaban J connectivity index is 1.72. The number of thiazole rings is 1. The fourth-order valence-electron chi connectivity index (χ4n) is 3.04. The molecule has 1 aliphatic heterocycles. The molecule has 1 aromatic heterocycles. The van der Waals surface area contributed by atoms with E-state index in [1.54, 1.807) is 6.07 Å². The molecule has 0 aliphatic carbocycles. The fourth-order valence-corrected chi connectivity index (χ4v) is 5.56. The van der Waals surface area contributed by atoms with Crippen LogP contribution in [0.4, 0.5) is 10.1 Å². The first kappa shape index (κ1) is 18.3. The summed E-state index contributed by atoms with van der Waals surface area (Å²) in [4.78, 5) is 19.4. The highest BCUT2D eigenvalue weighted by atomic mass is 32.2. The van der Waals surface area contributed by atoms with Crippen LogP contribution in [-0.2, 0) is 11.3 Å². The van der Waals surface area contributed by atoms with Gasteiger partial charge in [0.15, 0.2) is 0 Å². The van der Waals surface area contributed by atoms with Crippen LogP contribution in [0.15, 0.2) is 41.3 Å². The molecule has 0 saturated heterocycles. The highest BCUT2D eigenvalue weighted by molar-refractivity contribution is 8.02. The van der Waals surface area contributed by atoms with Gasteiger partial charge in [-0.1, -0.05) is 18.3 Å². The Bertz CT molecular complexity index is 1070. The molecule has 3 aromatic rings. The summed E-state index contributed by atoms with van der Waals surface area (Å²) < 4.78 is 14.4. The molecule has 1 N–H and O–H groups in total. The van der Waals surface area contributed by atoms with Crippen LogP contribution in [0.25, 0.3) is 10.2 Å². The Hall–Kier alpha value is -2.03. The van der Waals surface area contributed by atoms with Crippen molar-refractivity contribution in [1.29, 1.82) is 0 Å². The second-order valence-electron chi connectivity index (χ2n) is 6.32. The normalized spacial score (nSPS) is 16.6. The van der Waals surface area contributed by atoms with Crippen molar-refractivity contribution in [1.82, 2.24) is 4.98 Å². The Morgan fingerprint density at radius 3 is 2.93 bits per heavy atom. The molecule has 8 heteroatoms. The van der Waals surface area contributed by atoms with Crippen molar-refractivity contribution in [2.24, 2.45) is 0 Å². The zero-order valence-electron chi connectivity index (χ0n) is 14.3. The van der Waals surface area contributed by atoms with Crippen molar-refractivity contribution in [2.45, 2.75) is 30.0 Å². The van der Waals surface area contributed by atoms with Crippen LogP contribution < -0.4 is 4.90 Å². The summed E-state index contributed by atoms with van der Waals surface area (Å²) in [6, 6.07) is 10.6. The third-order valence-electron chi connectivity index (χ3n) is 4.26. The lowest BCUT2D eigenvalue weighted by Crippen LogP contribution is -2.40. The van der Waals surface area contributed by atoms with E-state index >= 15 is 0 Å². The highest BCUT2D eigenvalue weighted by Gasteiger charge is 2.32. The average Bonchev–Trinajstić information content (AvgIpc) is 3.00. The number of hydrogen-bond acceptors (Lipinski definition) is 5. The number of thioether (sulfide) groups is 1. The maximum absolute atomic E-state index is 13.5. The summed E-state index contributed by atoms with van der Waals surface area (Å²) in [5.74, 6) is -1.19. The third kappa shape index (κ3) is 3.69. The van der Waals surface area contributed by atoms with E-state index in [4.69, 9.17) is 12.2 Å². The summed E-state index contributed by atoms with van der Waals surface area (Å²) in [5.41, 5.74) is 2.70. The van der Waals surface area contributed by atoms with Gasteiger partial charge in [0.25, 0.3) is 0 Å². The Kier molecular flexibility index (Phi) is 4.88. The molecule has 2 heterocycles. The number of aryl methyl sites for hydroxylation is 1. The summed E-state index contributed by atoms with van der Waals surface area (Å²) in [6.45, 7) is 2.45. The first-order valence-electron chi connectivity index (χ1n) is 8.26. The van der Waals surface area contributed by atoms with Crippen LogP contribution in [0, 0.1) is 12.7 Å². The summed E-state index contributed by atoms with van der Waals surface area (Å²) >= 11 is 8.63. The van der Waals surface area contributed by atoms with Crippen LogP contribution in [0.2, 0.25) is 0 Å². The molecule has 1 atom stereocenters. The number of benzene rings is 2. The van der Waals surface area contributed by atoms with E-state index < -0.39 is 5.97 Å². The summed E-state index contributed by atoms with van der Waals surface area (Å²) in [6.07, 6.45) is -0.0294. The lowest BCUT2D eigenvalue weighted by Gasteiger charge is -2.35. The van der Waals surface area contributed by atoms with Crippen molar-refractivity contribution < 1.29 is 14.3 Å². The van der Waals surface area contributed by atoms with Crippen molar-refractivity contribution >= 4 is 62.2 Å². The molecular formula is C19H15FN2O2S3. The van der Waals surface area contributed by atoms with E-state index in [2.05, 4.69) is 11.1 Å². The van der Waals surface area contributed by atoms with Crippen LogP contribution in [0.3, 0.4) is 0 Å². The number of carboxylic acid groups (broad SMARTS) is 1. The lowest BCUT2D eigenvalue weighted by molar-refractivity contribution is -0.136. The molecule has 27 heavy (non-hydrogen) atoms. The monoisotopic (exact) mass is 418 g/mol. The molecule has 138 valence electrons. The number of thiocarbonyl (C=S) groups is 1. The number of aliphatic carboxylic acids is 1. The number of hydrogen-bond donors (Lipinski definition) is 1. The number of carbonyl (C=O) groups is 1. The maximum atomic E-state index is 13.5. The van der Waals surface area contributed by atoms with Gasteiger partial charge in [-0.15, -0.1) is 23.1 Å². The zero-order chi connectivity index (χ0) is 19.1. The smallest absolute Gasteiger partial charge is 0.304 e. The minimum atomic E-state index is -0.874. The van der Waals surface area contributed by atoms with Crippen LogP contribution >= 0.6 is 35.3 Å². The minimum Gasteiger partial charge on any atom is -0.481 e. The molecule has 2 aromatic carbocycles. The van der Waals surface area contributed by atoms with Gasteiger partial charge in [-0.05, 0) is 36.8 Å². The lowest BCUT2D eigenvalue weighted by atomic mass is 10.1. The van der Waals surface area contributed by atoms with Gasteiger partial charge in [0.1, 0.15) is 10.8 Å². The van der Waals surface area contributed by atoms with Gasteiger partial charge >= 0.3 is 5.97 Å². The van der Waals surface area contributed by atoms with Gasteiger partial charge in [-0.25, -0.2) is 9.37 Å². The maximum Gasteiger partial charge on any atom is 0.304 e. The van der Waals surface area contributed by atoms with E-state index in [0.29, 0.717) is 17.0 Å². The first-order valence-corrected chi connectivity index (χ1v) is 10.4. The molecular weight excluding hydrogens is 403 g/mol. The van der Waals surface area contributed by atoms with Crippen molar-refractivity contribution in [3.05, 3.63) is 52.8 Å². The largest absolute Gasteiger partial charge is 0.481 e. The summed E-state index contributed by atoms with van der Waals surface area (Å²) in [7, 11) is 0. The minimum absolute atomic E-state index is 0.0294. The molecule has 1 unspecified atom stereocenters. The quantitative estimate of drug-likeness (QED) is 0.600. The van der Waals surface area contributed by atoms with Gasteiger partial charge in [-0.2, -0.15) is 0 Å². The van der Waals surface area contributed by atoms with E-state index in [0.717, 1.165) is 25.9 Å². The predicted molar refractivity (Wildman–Crippen MR) is 111 cm³/mol. The van der Waals surface area contributed by atoms with Gasteiger partial charge in [0, 0.05) is 11.0 Å². The van der Waals surface area contributed by atoms with Crippen molar-refractivity contribution in [3.63, 3.8) is 0 Å². The molecule has 0 saturated carbocycles. The molecule has 0 bridgehead atoms. The number of aromatic nitrogens is 1. The molecule has 4 nitrogen and oxygen atoms in total. The third-order valence-corrected chi connectivity index (χ3v) is 7.21. The summed E-state index contributed by atoms with van der Waals surface area (Å²) in [5, 5.41) is 9.74. The number of fused-ring (bicyclic) bond motifs is 2. The van der Waals surface area contributed by atoms with E-state index in [1.165, 1.54) is 35.2 Å². The van der Waals surface area contributed by atoms with Crippen LogP contribution in [0.1, 0.15) is 17.0 Å². The second kappa shape index (κ2) is 7.18. The molecule has 1 aliphatic rings. The van der Waals surface area contributed by atoms with Gasteiger partial charge in [0.2, 0.25) is 0 Å². The predicted octanol–water partition coefficient (Wildman–Crippen LogP) is 5.03. The van der Waals surface area contributed by atoms with Gasteiger partial charge in [-0.3, -0.25) is 4.79 Å². The molecule has 4 rings (SSSR count). The Morgan fingerprint density at radius 1 is 1.33 bits per heavy atom. The fraction of sp³-hybridized carbons (Fsp3) is 0.211. The number of rotatable bonds is 4. The topological polar surface area (TPSA) is 53.4 Å². The molecule has 0 fully saturated rings. The first-order chi connectivity index (χ1) is 12.9. The highest BCUT2D eigenvalue weighted by Crippen LogP contribution is 2.42. The number of halogens is 1. The Labute approximate surface area is 169 Å². The number of carboxylic acids is 1. The van der Waals surface area contributed by atoms with Gasteiger partial charge in [0.05, 0.1) is 39.1 Å². The van der Waals surface area contributed by atoms with Crippen LogP contribution in [0.5, 0.6) is 0 Å². The zero-order valence-corrected chi connectivity index (χ0v) is 16.8. The van der Waals surface area contributed by atoms with Gasteiger partial charge < -0.3 is 10.0 Å². The number of anilines is 1. The van der Waals surface area contributed by atoms with Crippen molar-refractivity contribution in [3.8, 4) is 0 Å². The van der Waals surface area contributed by atoms with Crippen LogP contribution in [-0.4, -0.2) is 26.3 Å². The van der Waals surface area contributed by atoms with E-state index in [-0.39, 0.29) is 17.5 Å². The molecule has 0 spiro atoms. The molecule has 0 radical (unpaired) electrons. The van der Waals surface area contributed by atoms with E-state index in [1.807, 2.05) is 24.0 Å². The van der Waals surface area contributed by atoms with Crippen molar-refractivity contribution in [2.75, 3.05) is 4.90 Å². The molecule has 0 amide bonds.